The number of fused-ring (bicyclic) bond motifs is 1. The molecule has 0 aromatic heterocycles. The van der Waals surface area contributed by atoms with Crippen LogP contribution >= 0.6 is 11.9 Å². The molecule has 3 aromatic carbocycles. The summed E-state index contributed by atoms with van der Waals surface area (Å²) in [6, 6.07) is 21.4. The largest absolute Gasteiger partial charge is 0.377 e. The third kappa shape index (κ3) is 3.04. The summed E-state index contributed by atoms with van der Waals surface area (Å²) in [5.74, 6) is 0. The van der Waals surface area contributed by atoms with Gasteiger partial charge in [-0.15, -0.1) is 0 Å². The van der Waals surface area contributed by atoms with Gasteiger partial charge in [0, 0.05) is 35.8 Å². The average Bonchev–Trinajstić information content (AvgIpc) is 2.52. The van der Waals surface area contributed by atoms with Crippen LogP contribution in [0.3, 0.4) is 0 Å². The first-order valence-electron chi connectivity index (χ1n) is 7.34. The Morgan fingerprint density at radius 2 is 1.59 bits per heavy atom. The smallest absolute Gasteiger partial charge is 0.0445 e. The fourth-order valence-electron chi connectivity index (χ4n) is 2.57. The van der Waals surface area contributed by atoms with E-state index < -0.39 is 0 Å². The predicted molar refractivity (Wildman–Crippen MR) is 98.9 cm³/mol. The highest BCUT2D eigenvalue weighted by Gasteiger charge is 2.07. The van der Waals surface area contributed by atoms with Crippen LogP contribution < -0.4 is 9.62 Å². The Kier molecular flexibility index (Phi) is 4.25. The average molecular weight is 308 g/mol. The van der Waals surface area contributed by atoms with Crippen molar-refractivity contribution in [2.75, 3.05) is 23.7 Å². The summed E-state index contributed by atoms with van der Waals surface area (Å²) in [5.41, 5.74) is 3.64. The van der Waals surface area contributed by atoms with E-state index in [2.05, 4.69) is 91.3 Å². The van der Waals surface area contributed by atoms with Crippen molar-refractivity contribution in [1.29, 1.82) is 0 Å². The number of aryl methyl sites for hydroxylation is 1. The van der Waals surface area contributed by atoms with Gasteiger partial charge in [0.05, 0.1) is 0 Å². The summed E-state index contributed by atoms with van der Waals surface area (Å²) in [5, 5.41) is 2.56. The van der Waals surface area contributed by atoms with Crippen LogP contribution in [0, 0.1) is 6.92 Å². The van der Waals surface area contributed by atoms with Crippen molar-refractivity contribution in [2.24, 2.45) is 0 Å². The second kappa shape index (κ2) is 6.32. The highest BCUT2D eigenvalue weighted by atomic mass is 32.2. The van der Waals surface area contributed by atoms with Crippen LogP contribution in [0.5, 0.6) is 0 Å². The molecule has 3 heteroatoms. The van der Waals surface area contributed by atoms with Gasteiger partial charge < -0.3 is 9.62 Å². The van der Waals surface area contributed by atoms with Gasteiger partial charge in [0.25, 0.3) is 0 Å². The first kappa shape index (κ1) is 14.8. The number of benzene rings is 3. The number of hydrogen-bond acceptors (Lipinski definition) is 3. The van der Waals surface area contributed by atoms with Crippen molar-refractivity contribution in [3.63, 3.8) is 0 Å². The molecular formula is C19H20N2S. The molecule has 3 rings (SSSR count). The maximum absolute atomic E-state index is 3.45. The normalized spacial score (nSPS) is 10.7. The highest BCUT2D eigenvalue weighted by molar-refractivity contribution is 8.00. The van der Waals surface area contributed by atoms with Gasteiger partial charge in [-0.3, -0.25) is 0 Å². The highest BCUT2D eigenvalue weighted by Crippen LogP contribution is 2.33. The molecule has 22 heavy (non-hydrogen) atoms. The summed E-state index contributed by atoms with van der Waals surface area (Å²) in [4.78, 5) is 3.40. The third-order valence-electron chi connectivity index (χ3n) is 3.64. The van der Waals surface area contributed by atoms with Crippen molar-refractivity contribution in [3.8, 4) is 0 Å². The fraction of sp³-hybridized carbons (Fsp3) is 0.158. The standard InChI is InChI=1S/C19H20N2S/c1-14-7-4-8-15(13-14)20-22-19-12-6-9-16-17(19)10-5-11-18(16)21(2)3/h4-13,20H,1-3H3. The Bertz CT molecular complexity index is 796. The summed E-state index contributed by atoms with van der Waals surface area (Å²) in [6.07, 6.45) is 0. The Morgan fingerprint density at radius 1 is 0.864 bits per heavy atom. The molecule has 2 nitrogen and oxygen atoms in total. The van der Waals surface area contributed by atoms with Crippen LogP contribution in [0.25, 0.3) is 10.8 Å². The van der Waals surface area contributed by atoms with Crippen LogP contribution in [-0.2, 0) is 0 Å². The van der Waals surface area contributed by atoms with E-state index in [1.807, 2.05) is 0 Å². The van der Waals surface area contributed by atoms with Crippen molar-refractivity contribution in [2.45, 2.75) is 11.8 Å². The summed E-state index contributed by atoms with van der Waals surface area (Å²) < 4.78 is 3.45. The minimum atomic E-state index is 1.13. The molecule has 0 aliphatic rings. The molecule has 3 aromatic rings. The molecule has 0 aliphatic heterocycles. The van der Waals surface area contributed by atoms with E-state index in [1.54, 1.807) is 11.9 Å². The zero-order valence-electron chi connectivity index (χ0n) is 13.1. The van der Waals surface area contributed by atoms with E-state index >= 15 is 0 Å². The Morgan fingerprint density at radius 3 is 2.36 bits per heavy atom. The van der Waals surface area contributed by atoms with Crippen LogP contribution in [0.15, 0.2) is 65.6 Å². The molecule has 0 amide bonds. The Balaban J connectivity index is 1.93. The van der Waals surface area contributed by atoms with Crippen molar-refractivity contribution in [3.05, 3.63) is 66.2 Å². The maximum atomic E-state index is 3.45. The minimum Gasteiger partial charge on any atom is -0.377 e. The van der Waals surface area contributed by atoms with Crippen molar-refractivity contribution >= 4 is 34.1 Å². The molecule has 0 fully saturated rings. The second-order valence-electron chi connectivity index (χ2n) is 5.60. The molecule has 0 bridgehead atoms. The lowest BCUT2D eigenvalue weighted by molar-refractivity contribution is 1.14. The van der Waals surface area contributed by atoms with Gasteiger partial charge in [0.2, 0.25) is 0 Å². The zero-order chi connectivity index (χ0) is 15.5. The van der Waals surface area contributed by atoms with Gasteiger partial charge in [-0.2, -0.15) is 0 Å². The topological polar surface area (TPSA) is 15.3 Å². The molecule has 0 unspecified atom stereocenters. The van der Waals surface area contributed by atoms with Crippen molar-refractivity contribution in [1.82, 2.24) is 0 Å². The van der Waals surface area contributed by atoms with Gasteiger partial charge in [-0.25, -0.2) is 0 Å². The molecule has 0 aliphatic carbocycles. The van der Waals surface area contributed by atoms with Gasteiger partial charge in [-0.05, 0) is 54.1 Å². The van der Waals surface area contributed by atoms with E-state index in [4.69, 9.17) is 0 Å². The van der Waals surface area contributed by atoms with Gasteiger partial charge in [0.15, 0.2) is 0 Å². The van der Waals surface area contributed by atoms with Crippen molar-refractivity contribution < 1.29 is 0 Å². The van der Waals surface area contributed by atoms with E-state index in [9.17, 15) is 0 Å². The van der Waals surface area contributed by atoms with E-state index in [-0.39, 0.29) is 0 Å². The minimum absolute atomic E-state index is 1.13. The zero-order valence-corrected chi connectivity index (χ0v) is 13.9. The van der Waals surface area contributed by atoms with E-state index in [1.165, 1.54) is 26.9 Å². The fourth-order valence-corrected chi connectivity index (χ4v) is 3.36. The number of hydrogen-bond donors (Lipinski definition) is 1. The van der Waals surface area contributed by atoms with Gasteiger partial charge in [-0.1, -0.05) is 36.4 Å². The first-order valence-corrected chi connectivity index (χ1v) is 8.15. The third-order valence-corrected chi connectivity index (χ3v) is 4.55. The molecule has 0 saturated carbocycles. The van der Waals surface area contributed by atoms with E-state index in [0.29, 0.717) is 0 Å². The maximum Gasteiger partial charge on any atom is 0.0445 e. The molecule has 1 N–H and O–H groups in total. The monoisotopic (exact) mass is 308 g/mol. The number of anilines is 2. The molecule has 112 valence electrons. The lowest BCUT2D eigenvalue weighted by Gasteiger charge is -2.17. The van der Waals surface area contributed by atoms with Crippen LogP contribution in [0.2, 0.25) is 0 Å². The molecule has 0 radical (unpaired) electrons. The lowest BCUT2D eigenvalue weighted by atomic mass is 10.1. The SMILES string of the molecule is Cc1cccc(NSc2cccc3c(N(C)C)cccc23)c1. The van der Waals surface area contributed by atoms with Crippen LogP contribution in [0.4, 0.5) is 11.4 Å². The van der Waals surface area contributed by atoms with Crippen LogP contribution in [0.1, 0.15) is 5.56 Å². The second-order valence-corrected chi connectivity index (χ2v) is 6.44. The van der Waals surface area contributed by atoms with Crippen LogP contribution in [-0.4, -0.2) is 14.1 Å². The summed E-state index contributed by atoms with van der Waals surface area (Å²) in [6.45, 7) is 2.11. The number of rotatable bonds is 4. The van der Waals surface area contributed by atoms with E-state index in [0.717, 1.165) is 5.69 Å². The summed E-state index contributed by atoms with van der Waals surface area (Å²) >= 11 is 1.66. The predicted octanol–water partition coefficient (Wildman–Crippen LogP) is 5.33. The molecule has 0 heterocycles. The number of nitrogens with one attached hydrogen (secondary N) is 1. The quantitative estimate of drug-likeness (QED) is 0.655. The Hall–Kier alpha value is -2.13. The summed E-state index contributed by atoms with van der Waals surface area (Å²) in [7, 11) is 4.17. The molecule has 0 atom stereocenters. The molecule has 0 saturated heterocycles. The molecular weight excluding hydrogens is 288 g/mol. The molecule has 0 spiro atoms. The van der Waals surface area contributed by atoms with Gasteiger partial charge in [0.1, 0.15) is 0 Å². The number of nitrogens with zero attached hydrogens (tertiary/aromatic N) is 1. The first-order chi connectivity index (χ1) is 10.6. The Labute approximate surface area is 136 Å². The van der Waals surface area contributed by atoms with Gasteiger partial charge >= 0.3 is 0 Å². The lowest BCUT2D eigenvalue weighted by Crippen LogP contribution is -2.08.